The van der Waals surface area contributed by atoms with E-state index in [0.29, 0.717) is 58.8 Å². The van der Waals surface area contributed by atoms with E-state index in [1.165, 1.54) is 30.3 Å². The highest BCUT2D eigenvalue weighted by atomic mass is 17.2. The number of phenols is 1. The van der Waals surface area contributed by atoms with Crippen molar-refractivity contribution in [1.82, 2.24) is 5.32 Å². The number of rotatable bonds is 14. The number of aliphatic imine (C=N–C) groups is 1. The number of ether oxygens (including phenoxy) is 1. The third kappa shape index (κ3) is 6.93. The van der Waals surface area contributed by atoms with E-state index in [-0.39, 0.29) is 24.0 Å². The first-order valence-corrected chi connectivity index (χ1v) is 16.5. The van der Waals surface area contributed by atoms with E-state index in [9.17, 15) is 35.4 Å². The van der Waals surface area contributed by atoms with Gasteiger partial charge in [0.25, 0.3) is 0 Å². The van der Waals surface area contributed by atoms with E-state index < -0.39 is 48.8 Å². The smallest absolute Gasteiger partial charge is 0.193 e. The summed E-state index contributed by atoms with van der Waals surface area (Å²) in [6.07, 6.45) is -0.470. The Morgan fingerprint density at radius 2 is 1.96 bits per heavy atom. The van der Waals surface area contributed by atoms with E-state index >= 15 is 0 Å². The molecule has 14 nitrogen and oxygen atoms in total. The number of hydrogen-bond acceptors (Lipinski definition) is 14. The first-order chi connectivity index (χ1) is 23.9. The van der Waals surface area contributed by atoms with Crippen LogP contribution >= 0.6 is 0 Å². The van der Waals surface area contributed by atoms with E-state index in [1.807, 2.05) is 31.1 Å². The lowest BCUT2D eigenvalue weighted by Gasteiger charge is -2.43. The van der Waals surface area contributed by atoms with Gasteiger partial charge in [-0.2, -0.15) is 0 Å². The molecule has 50 heavy (non-hydrogen) atoms. The first-order valence-electron chi connectivity index (χ1n) is 16.5. The summed E-state index contributed by atoms with van der Waals surface area (Å²) >= 11 is 0. The number of aromatic hydroxyl groups is 1. The molecule has 0 amide bonds. The number of nitrogens with zero attached hydrogens (tertiary/aromatic N) is 2. The Labute approximate surface area is 288 Å². The topological polar surface area (TPSA) is 207 Å². The molecule has 7 N–H and O–H groups in total. The summed E-state index contributed by atoms with van der Waals surface area (Å²) in [4.78, 5) is 31.4. The van der Waals surface area contributed by atoms with Crippen LogP contribution in [0.25, 0.3) is 11.0 Å². The predicted molar refractivity (Wildman–Crippen MR) is 183 cm³/mol. The van der Waals surface area contributed by atoms with E-state index in [0.717, 1.165) is 11.3 Å². The fourth-order valence-corrected chi connectivity index (χ4v) is 6.60. The lowest BCUT2D eigenvalue weighted by Crippen LogP contribution is -2.58. The van der Waals surface area contributed by atoms with Gasteiger partial charge in [0, 0.05) is 48.9 Å². The molecular weight excluding hydrogens is 650 g/mol. The van der Waals surface area contributed by atoms with Crippen molar-refractivity contribution in [1.29, 1.82) is 0 Å². The van der Waals surface area contributed by atoms with Gasteiger partial charge < -0.3 is 50.0 Å². The molecule has 4 heterocycles. The summed E-state index contributed by atoms with van der Waals surface area (Å²) in [6, 6.07) is 9.01. The monoisotopic (exact) mass is 693 g/mol. The number of aryl methyl sites for hydroxylation is 1. The normalized spacial score (nSPS) is 22.7. The van der Waals surface area contributed by atoms with Crippen LogP contribution in [-0.4, -0.2) is 106 Å². The number of anilines is 1. The molecule has 6 unspecified atom stereocenters. The number of hydrogen-bond donors (Lipinski definition) is 7. The van der Waals surface area contributed by atoms with Crippen LogP contribution in [0.1, 0.15) is 30.2 Å². The van der Waals surface area contributed by atoms with Crippen molar-refractivity contribution in [2.45, 2.75) is 68.7 Å². The molecule has 268 valence electrons. The maximum Gasteiger partial charge on any atom is 0.193 e. The molecule has 2 aromatic carbocycles. The van der Waals surface area contributed by atoms with Crippen molar-refractivity contribution in [3.05, 3.63) is 87.1 Å². The highest BCUT2D eigenvalue weighted by Crippen LogP contribution is 2.48. The lowest BCUT2D eigenvalue weighted by molar-refractivity contribution is -0.371. The van der Waals surface area contributed by atoms with Crippen molar-refractivity contribution in [2.24, 2.45) is 4.99 Å². The molecule has 0 aliphatic carbocycles. The second-order valence-electron chi connectivity index (χ2n) is 13.4. The van der Waals surface area contributed by atoms with Gasteiger partial charge in [0.15, 0.2) is 16.8 Å². The van der Waals surface area contributed by atoms with Crippen LogP contribution in [0.3, 0.4) is 0 Å². The van der Waals surface area contributed by atoms with Crippen molar-refractivity contribution in [3.63, 3.8) is 0 Å². The number of allylic oxidation sites excluding steroid dienone is 1. The van der Waals surface area contributed by atoms with E-state index in [2.05, 4.69) is 10.3 Å². The fraction of sp³-hybridized carbons (Fsp3) is 0.444. The maximum atomic E-state index is 13.3. The number of phenolic OH excluding ortho intramolecular Hbond substituents is 1. The van der Waals surface area contributed by atoms with Gasteiger partial charge in [0.2, 0.25) is 0 Å². The van der Waals surface area contributed by atoms with Crippen molar-refractivity contribution < 1.29 is 49.6 Å². The summed E-state index contributed by atoms with van der Waals surface area (Å²) in [5.74, 6) is 0.965. The zero-order valence-corrected chi connectivity index (χ0v) is 28.1. The molecule has 0 bridgehead atoms. The van der Waals surface area contributed by atoms with Crippen LogP contribution in [0, 0.1) is 6.92 Å². The van der Waals surface area contributed by atoms with Crippen LogP contribution in [0.15, 0.2) is 74.1 Å². The third-order valence-corrected chi connectivity index (χ3v) is 9.56. The molecule has 1 aromatic heterocycles. The lowest BCUT2D eigenvalue weighted by atomic mass is 9.85. The summed E-state index contributed by atoms with van der Waals surface area (Å²) in [5.41, 5.74) is 0.485. The Morgan fingerprint density at radius 3 is 2.66 bits per heavy atom. The number of fused-ring (bicyclic) bond motifs is 3. The van der Waals surface area contributed by atoms with E-state index in [4.69, 9.17) is 18.9 Å². The van der Waals surface area contributed by atoms with Crippen molar-refractivity contribution in [2.75, 3.05) is 38.3 Å². The summed E-state index contributed by atoms with van der Waals surface area (Å²) in [7, 11) is 1.81. The molecule has 0 saturated heterocycles. The van der Waals surface area contributed by atoms with Gasteiger partial charge >= 0.3 is 0 Å². The van der Waals surface area contributed by atoms with Crippen molar-refractivity contribution in [3.8, 4) is 11.5 Å². The standard InChI is InChI=1S/C36H43N3O11/c1-20-12-27(42)25-13-23-14-29(50-47-19-36(46,34(45)31(44)28(43)18-40)15-21-4-6-24(41)7-5-21)35(2,9-11-37-3)49-32(23)30(33(25)48-20)39-16-22-8-10-38-26(22)17-39/h4-8,10,12-13,17,28-29,31,34,37,40-41,43-46H,9,11,14-16,18-19H2,1-3H3. The predicted octanol–water partition coefficient (Wildman–Crippen LogP) is 1.15. The zero-order chi connectivity index (χ0) is 35.8. The van der Waals surface area contributed by atoms with Gasteiger partial charge in [-0.25, -0.2) is 9.78 Å². The zero-order valence-electron chi connectivity index (χ0n) is 28.1. The Bertz CT molecular complexity index is 1870. The number of nitrogens with one attached hydrogen (secondary N) is 1. The van der Waals surface area contributed by atoms with Crippen LogP contribution in [-0.2, 0) is 22.6 Å². The Kier molecular flexibility index (Phi) is 10.2. The summed E-state index contributed by atoms with van der Waals surface area (Å²) < 4.78 is 13.0. The molecule has 0 spiro atoms. The second-order valence-corrected chi connectivity index (χ2v) is 13.4. The first kappa shape index (κ1) is 35.7. The van der Waals surface area contributed by atoms with Gasteiger partial charge in [0.1, 0.15) is 59.4 Å². The molecule has 0 saturated carbocycles. The number of aliphatic hydroxyl groups is 5. The van der Waals surface area contributed by atoms with E-state index in [1.54, 1.807) is 19.2 Å². The molecule has 3 aromatic rings. The quantitative estimate of drug-likeness (QED) is 0.0936. The van der Waals surface area contributed by atoms with Crippen LogP contribution in [0.4, 0.5) is 5.69 Å². The Morgan fingerprint density at radius 1 is 1.20 bits per heavy atom. The Balaban J connectivity index is 1.33. The number of benzene rings is 2. The second kappa shape index (κ2) is 14.2. The molecule has 6 rings (SSSR count). The molecule has 0 fully saturated rings. The maximum absolute atomic E-state index is 13.3. The van der Waals surface area contributed by atoms with Gasteiger partial charge in [-0.1, -0.05) is 12.1 Å². The van der Waals surface area contributed by atoms with Crippen LogP contribution in [0.5, 0.6) is 11.5 Å². The molecule has 14 heteroatoms. The summed E-state index contributed by atoms with van der Waals surface area (Å²) in [6.45, 7) is 3.09. The van der Waals surface area contributed by atoms with Crippen LogP contribution < -0.4 is 20.4 Å². The molecule has 3 aliphatic heterocycles. The van der Waals surface area contributed by atoms with Crippen molar-refractivity contribution >= 4 is 22.9 Å². The molecule has 3 aliphatic rings. The van der Waals surface area contributed by atoms with Gasteiger partial charge in [0.05, 0.1) is 24.2 Å². The highest BCUT2D eigenvalue weighted by Gasteiger charge is 2.47. The highest BCUT2D eigenvalue weighted by molar-refractivity contribution is 5.96. The number of aliphatic hydroxyl groups excluding tert-OH is 4. The summed E-state index contributed by atoms with van der Waals surface area (Å²) in [5, 5.41) is 65.9. The van der Waals surface area contributed by atoms with Crippen LogP contribution in [0.2, 0.25) is 0 Å². The van der Waals surface area contributed by atoms with Gasteiger partial charge in [-0.3, -0.25) is 9.79 Å². The molecular formula is C36H43N3O11. The van der Waals surface area contributed by atoms with Gasteiger partial charge in [-0.05, 0) is 57.3 Å². The average Bonchev–Trinajstić information content (AvgIpc) is 3.70. The largest absolute Gasteiger partial charge is 0.508 e. The minimum Gasteiger partial charge on any atom is -0.508 e. The fourth-order valence-electron chi connectivity index (χ4n) is 6.60. The minimum absolute atomic E-state index is 0.00902. The van der Waals surface area contributed by atoms with Gasteiger partial charge in [-0.15, -0.1) is 0 Å². The SMILES string of the molecule is CNCCC1(C)Oc2c(cc3c(=O)cc(C)oc3c2N2C=C3N=CC=C3C2)CC1OOCC(O)(Cc1ccc(O)cc1)C(O)C(O)C(O)CO. The average molecular weight is 694 g/mol. The minimum atomic E-state index is -2.22. The third-order valence-electron chi connectivity index (χ3n) is 9.56. The molecule has 0 radical (unpaired) electrons. The Hall–Kier alpha value is -4.12. The molecule has 6 atom stereocenters.